The Labute approximate surface area is 53.5 Å². The molecule has 0 saturated heterocycles. The van der Waals surface area contributed by atoms with Crippen molar-refractivity contribution in [3.63, 3.8) is 0 Å². The van der Waals surface area contributed by atoms with E-state index in [-0.39, 0.29) is 22.5 Å². The Morgan fingerprint density at radius 2 is 1.43 bits per heavy atom. The third kappa shape index (κ3) is 3.67. The fraction of sp³-hybridized carbons (Fsp3) is 0. The first kappa shape index (κ1) is 9.95. The van der Waals surface area contributed by atoms with Gasteiger partial charge in [-0.2, -0.15) is 18.2 Å². The molecule has 0 bridgehead atoms. The van der Waals surface area contributed by atoms with Gasteiger partial charge >= 0.3 is 0 Å². The van der Waals surface area contributed by atoms with Crippen LogP contribution in [0.25, 0.3) is 0 Å². The molecule has 1 nitrogen and oxygen atoms in total. The van der Waals surface area contributed by atoms with Gasteiger partial charge in [0.2, 0.25) is 0 Å². The van der Waals surface area contributed by atoms with Gasteiger partial charge in [-0.1, -0.05) is 0 Å². The molecule has 1 aromatic rings. The van der Waals surface area contributed by atoms with E-state index < -0.39 is 0 Å². The zero-order valence-electron chi connectivity index (χ0n) is 3.74. The topological polar surface area (TPSA) is 31.5 Å². The van der Waals surface area contributed by atoms with Crippen molar-refractivity contribution in [3.8, 4) is 0 Å². The van der Waals surface area contributed by atoms with Crippen molar-refractivity contribution in [2.24, 2.45) is 0 Å². The van der Waals surface area contributed by atoms with Gasteiger partial charge in [0, 0.05) is 17.1 Å². The van der Waals surface area contributed by atoms with Crippen LogP contribution in [0.3, 0.4) is 0 Å². The molecule has 0 radical (unpaired) electrons. The Kier molecular flexibility index (Phi) is 8.29. The van der Waals surface area contributed by atoms with Gasteiger partial charge in [-0.25, -0.2) is 12.1 Å². The molecule has 0 aliphatic heterocycles. The van der Waals surface area contributed by atoms with E-state index in [0.717, 1.165) is 0 Å². The molecule has 1 aromatic carbocycles. The van der Waals surface area contributed by atoms with Crippen LogP contribution in [0.5, 0.6) is 0 Å². The first-order valence-corrected chi connectivity index (χ1v) is 1.67. The van der Waals surface area contributed by atoms with Crippen molar-refractivity contribution in [3.05, 3.63) is 30.3 Å². The molecule has 0 atom stereocenters. The molecule has 0 saturated carbocycles. The van der Waals surface area contributed by atoms with E-state index in [1.165, 1.54) is 0 Å². The van der Waals surface area contributed by atoms with Crippen molar-refractivity contribution in [2.75, 3.05) is 0 Å². The summed E-state index contributed by atoms with van der Waals surface area (Å²) in [6, 6.07) is 10.0. The minimum Gasteiger partial charge on any atom is -0.412 e. The van der Waals surface area contributed by atoms with E-state index in [4.69, 9.17) is 0 Å². The Bertz CT molecular complexity index is 64.6. The number of hydrogen-bond acceptors (Lipinski definition) is 0. The molecule has 0 unspecified atom stereocenters. The molecule has 0 aliphatic rings. The normalized spacial score (nSPS) is 5.71. The van der Waals surface area contributed by atoms with E-state index in [1.54, 1.807) is 0 Å². The van der Waals surface area contributed by atoms with Crippen LogP contribution >= 0.6 is 0 Å². The van der Waals surface area contributed by atoms with Gasteiger partial charge in [-0.3, -0.25) is 0 Å². The minimum absolute atomic E-state index is 0. The standard InChI is InChI=1S/C5H5.Fe.H2O/c1-2-4-5-3-1;;/h1-5H;;1H2/q-1;;. The van der Waals surface area contributed by atoms with Crippen molar-refractivity contribution in [2.45, 2.75) is 0 Å². The largest absolute Gasteiger partial charge is 0.412 e. The predicted octanol–water partition coefficient (Wildman–Crippen LogP) is 0.578. The zero-order valence-corrected chi connectivity index (χ0v) is 4.84. The van der Waals surface area contributed by atoms with Gasteiger partial charge in [-0.15, -0.1) is 0 Å². The summed E-state index contributed by atoms with van der Waals surface area (Å²) in [5.74, 6) is 0. The summed E-state index contributed by atoms with van der Waals surface area (Å²) in [5, 5.41) is 0. The molecule has 2 heteroatoms. The second-order valence-electron chi connectivity index (χ2n) is 0.962. The maximum atomic E-state index is 2.00. The SMILES string of the molecule is O.[Fe].c1cc[cH-]c1. The first-order valence-electron chi connectivity index (χ1n) is 1.67. The zero-order chi connectivity index (χ0) is 3.54. The molecule has 2 N–H and O–H groups in total. The van der Waals surface area contributed by atoms with E-state index in [9.17, 15) is 0 Å². The van der Waals surface area contributed by atoms with E-state index in [0.29, 0.717) is 0 Å². The summed E-state index contributed by atoms with van der Waals surface area (Å²) in [6.45, 7) is 0. The van der Waals surface area contributed by atoms with Crippen LogP contribution in [0.1, 0.15) is 0 Å². The fourth-order valence-electron chi connectivity index (χ4n) is 0.321. The quantitative estimate of drug-likeness (QED) is 0.372. The van der Waals surface area contributed by atoms with Crippen LogP contribution in [-0.2, 0) is 17.1 Å². The molecule has 0 amide bonds. The van der Waals surface area contributed by atoms with Crippen LogP contribution in [0.15, 0.2) is 30.3 Å². The summed E-state index contributed by atoms with van der Waals surface area (Å²) in [7, 11) is 0. The molecule has 0 aromatic heterocycles. The van der Waals surface area contributed by atoms with Crippen molar-refractivity contribution >= 4 is 0 Å². The average Bonchev–Trinajstić information content (AvgIpc) is 1.76. The number of rotatable bonds is 0. The maximum Gasteiger partial charge on any atom is 0 e. The van der Waals surface area contributed by atoms with Gasteiger partial charge < -0.3 is 5.48 Å². The van der Waals surface area contributed by atoms with Crippen LogP contribution < -0.4 is 0 Å². The van der Waals surface area contributed by atoms with E-state index >= 15 is 0 Å². The Hall–Kier alpha value is -0.171. The number of hydrogen-bond donors (Lipinski definition) is 0. The van der Waals surface area contributed by atoms with Crippen molar-refractivity contribution in [1.29, 1.82) is 0 Å². The second kappa shape index (κ2) is 5.83. The summed E-state index contributed by atoms with van der Waals surface area (Å²) < 4.78 is 0. The molecule has 0 aliphatic carbocycles. The molecule has 7 heavy (non-hydrogen) atoms. The van der Waals surface area contributed by atoms with Gasteiger partial charge in [0.15, 0.2) is 0 Å². The molecule has 0 spiro atoms. The monoisotopic (exact) mass is 139 g/mol. The second-order valence-corrected chi connectivity index (χ2v) is 0.962. The van der Waals surface area contributed by atoms with Crippen LogP contribution in [0.4, 0.5) is 0 Å². The summed E-state index contributed by atoms with van der Waals surface area (Å²) in [4.78, 5) is 0. The van der Waals surface area contributed by atoms with Crippen molar-refractivity contribution in [1.82, 2.24) is 0 Å². The van der Waals surface area contributed by atoms with Gasteiger partial charge in [-0.05, 0) is 0 Å². The fourth-order valence-corrected chi connectivity index (χ4v) is 0.321. The van der Waals surface area contributed by atoms with E-state index in [2.05, 4.69) is 0 Å². The molecular weight excluding hydrogens is 132 g/mol. The van der Waals surface area contributed by atoms with Crippen LogP contribution in [0, 0.1) is 0 Å². The molecular formula is C5H7FeO-. The van der Waals surface area contributed by atoms with Crippen molar-refractivity contribution < 1.29 is 22.5 Å². The van der Waals surface area contributed by atoms with Crippen LogP contribution in [-0.4, -0.2) is 5.48 Å². The third-order valence-electron chi connectivity index (χ3n) is 0.556. The van der Waals surface area contributed by atoms with Gasteiger partial charge in [0.05, 0.1) is 0 Å². The van der Waals surface area contributed by atoms with Gasteiger partial charge in [0.25, 0.3) is 0 Å². The molecule has 0 heterocycles. The minimum atomic E-state index is 0. The van der Waals surface area contributed by atoms with Gasteiger partial charge in [0.1, 0.15) is 0 Å². The Morgan fingerprint density at radius 3 is 1.57 bits per heavy atom. The third-order valence-corrected chi connectivity index (χ3v) is 0.556. The summed E-state index contributed by atoms with van der Waals surface area (Å²) >= 11 is 0. The summed E-state index contributed by atoms with van der Waals surface area (Å²) in [5.41, 5.74) is 0. The molecule has 0 fully saturated rings. The Morgan fingerprint density at radius 1 is 1.00 bits per heavy atom. The maximum absolute atomic E-state index is 2.00. The van der Waals surface area contributed by atoms with Crippen LogP contribution in [0.2, 0.25) is 0 Å². The van der Waals surface area contributed by atoms with E-state index in [1.807, 2.05) is 30.3 Å². The average molecular weight is 139 g/mol. The molecule has 1 rings (SSSR count). The summed E-state index contributed by atoms with van der Waals surface area (Å²) in [6.07, 6.45) is 0. The Balaban J connectivity index is 0. The molecule has 42 valence electrons. The first-order chi connectivity index (χ1) is 2.50. The smallest absolute Gasteiger partial charge is 0 e. The predicted molar refractivity (Wildman–Crippen MR) is 25.6 cm³/mol.